The molecule has 0 aliphatic rings. The van der Waals surface area contributed by atoms with Crippen molar-refractivity contribution in [3.05, 3.63) is 35.9 Å². The van der Waals surface area contributed by atoms with Crippen LogP contribution in [0.15, 0.2) is 30.3 Å². The predicted octanol–water partition coefficient (Wildman–Crippen LogP) is 3.91. The van der Waals surface area contributed by atoms with Crippen molar-refractivity contribution in [1.29, 1.82) is 0 Å². The highest BCUT2D eigenvalue weighted by Gasteiger charge is 2.43. The van der Waals surface area contributed by atoms with Crippen LogP contribution in [-0.4, -0.2) is 121 Å². The Kier molecular flexibility index (Phi) is 18.2. The third kappa shape index (κ3) is 11.8. The predicted molar refractivity (Wildman–Crippen MR) is 201 cm³/mol. The molecule has 1 rings (SSSR count). The summed E-state index contributed by atoms with van der Waals surface area (Å²) in [6.07, 6.45) is 1.29. The van der Waals surface area contributed by atoms with Gasteiger partial charge in [-0.05, 0) is 55.0 Å². The zero-order valence-corrected chi connectivity index (χ0v) is 33.6. The lowest BCUT2D eigenvalue weighted by molar-refractivity contribution is -0.157. The van der Waals surface area contributed by atoms with Crippen molar-refractivity contribution in [2.75, 3.05) is 41.8 Å². The lowest BCUT2D eigenvalue weighted by atomic mass is 9.93. The van der Waals surface area contributed by atoms with E-state index < -0.39 is 30.2 Å². The molecule has 0 spiro atoms. The molecule has 11 heteroatoms. The molecule has 0 bridgehead atoms. The smallest absolute Gasteiger partial charge is 0.246 e. The molecule has 0 radical (unpaired) electrons. The summed E-state index contributed by atoms with van der Waals surface area (Å²) < 4.78 is 0. The number of carbonyl (C=O) groups is 5. The average molecular weight is 701 g/mol. The molecule has 0 aliphatic heterocycles. The van der Waals surface area contributed by atoms with Gasteiger partial charge in [-0.1, -0.05) is 99.6 Å². The molecule has 0 saturated heterocycles. The van der Waals surface area contributed by atoms with E-state index in [0.717, 1.165) is 5.56 Å². The van der Waals surface area contributed by atoms with Gasteiger partial charge < -0.3 is 30.2 Å². The molecule has 0 aliphatic carbocycles. The van der Waals surface area contributed by atoms with Crippen LogP contribution in [0.4, 0.5) is 0 Å². The second-order valence-corrected chi connectivity index (χ2v) is 15.5. The summed E-state index contributed by atoms with van der Waals surface area (Å²) in [4.78, 5) is 75.7. The zero-order valence-electron chi connectivity index (χ0n) is 33.6. The fourth-order valence-corrected chi connectivity index (χ4v) is 6.93. The van der Waals surface area contributed by atoms with Crippen LogP contribution in [0.2, 0.25) is 0 Å². The van der Waals surface area contributed by atoms with E-state index >= 15 is 0 Å². The maximum Gasteiger partial charge on any atom is 0.246 e. The van der Waals surface area contributed by atoms with Crippen molar-refractivity contribution in [1.82, 2.24) is 30.2 Å². The first-order chi connectivity index (χ1) is 23.2. The minimum atomic E-state index is -0.894. The molecular formula is C39H68N6O5. The van der Waals surface area contributed by atoms with Crippen LogP contribution in [-0.2, 0) is 30.4 Å². The van der Waals surface area contributed by atoms with E-state index in [1.165, 1.54) is 19.6 Å². The molecule has 1 aromatic rings. The second-order valence-electron chi connectivity index (χ2n) is 15.5. The minimum Gasteiger partial charge on any atom is -0.354 e. The summed E-state index contributed by atoms with van der Waals surface area (Å²) in [5.41, 5.74) is 1.10. The number of benzene rings is 1. The number of hydrogen-bond acceptors (Lipinski definition) is 6. The summed E-state index contributed by atoms with van der Waals surface area (Å²) in [6.45, 7) is 19.6. The number of hydrogen-bond donors (Lipinski definition) is 2. The van der Waals surface area contributed by atoms with E-state index in [2.05, 4.69) is 10.6 Å². The molecular weight excluding hydrogens is 632 g/mol. The Morgan fingerprint density at radius 1 is 0.560 bits per heavy atom. The standard InChI is InChI=1S/C39H68N6O5/c1-24(2)23-30(40-11)36(47)43(13)32(26(5)6)38(49)45(15)34(28(9)10)39(50)44(14)33(27(7)8)37(48)42(12)31(25(3)4)35(46)41-22-21-29-19-17-16-18-20-29/h16-20,24-28,30-34,40H,21-23H2,1-15H3,(H,41,46)/t30-,31-,32-,33-,34-/m1/s1. The Morgan fingerprint density at radius 3 is 1.26 bits per heavy atom. The van der Waals surface area contributed by atoms with E-state index in [0.29, 0.717) is 19.4 Å². The summed E-state index contributed by atoms with van der Waals surface area (Å²) >= 11 is 0. The van der Waals surface area contributed by atoms with E-state index in [1.54, 1.807) is 35.2 Å². The lowest BCUT2D eigenvalue weighted by Crippen LogP contribution is -2.62. The molecule has 0 unspecified atom stereocenters. The molecule has 284 valence electrons. The monoisotopic (exact) mass is 701 g/mol. The maximum absolute atomic E-state index is 14.4. The molecule has 5 atom stereocenters. The minimum absolute atomic E-state index is 0.177. The largest absolute Gasteiger partial charge is 0.354 e. The van der Waals surface area contributed by atoms with Gasteiger partial charge in [0.05, 0.1) is 6.04 Å². The quantitative estimate of drug-likeness (QED) is 0.226. The van der Waals surface area contributed by atoms with Crippen LogP contribution < -0.4 is 10.6 Å². The van der Waals surface area contributed by atoms with Gasteiger partial charge in [0, 0.05) is 34.7 Å². The summed E-state index contributed by atoms with van der Waals surface area (Å²) in [7, 11) is 8.20. The van der Waals surface area contributed by atoms with Gasteiger partial charge in [-0.3, -0.25) is 24.0 Å². The molecule has 5 amide bonds. The zero-order chi connectivity index (χ0) is 38.6. The van der Waals surface area contributed by atoms with Gasteiger partial charge in [0.1, 0.15) is 24.2 Å². The van der Waals surface area contributed by atoms with Crippen molar-refractivity contribution < 1.29 is 24.0 Å². The van der Waals surface area contributed by atoms with Gasteiger partial charge in [0.15, 0.2) is 0 Å². The van der Waals surface area contributed by atoms with Crippen LogP contribution in [0.3, 0.4) is 0 Å². The van der Waals surface area contributed by atoms with Gasteiger partial charge >= 0.3 is 0 Å². The fourth-order valence-electron chi connectivity index (χ4n) is 6.93. The number of likely N-dealkylation sites (N-methyl/N-ethyl adjacent to an activating group) is 5. The Hall–Kier alpha value is -3.47. The van der Waals surface area contributed by atoms with Crippen molar-refractivity contribution in [2.45, 2.75) is 112 Å². The SMILES string of the molecule is CN[C@H](CC(C)C)C(=O)N(C)[C@@H](C(=O)N(C)[C@@H](C(=O)N(C)[C@@H](C(=O)N(C)[C@@H](C(=O)NCCc1ccccc1)C(C)C)C(C)C)C(C)C)C(C)C. The van der Waals surface area contributed by atoms with Crippen molar-refractivity contribution >= 4 is 29.5 Å². The molecule has 50 heavy (non-hydrogen) atoms. The van der Waals surface area contributed by atoms with E-state index in [-0.39, 0.29) is 59.1 Å². The number of rotatable bonds is 19. The van der Waals surface area contributed by atoms with Crippen LogP contribution in [0.1, 0.15) is 81.2 Å². The first kappa shape index (κ1) is 44.6. The van der Waals surface area contributed by atoms with Crippen LogP contribution in [0.5, 0.6) is 0 Å². The highest BCUT2D eigenvalue weighted by molar-refractivity contribution is 5.96. The Balaban J connectivity index is 3.31. The maximum atomic E-state index is 14.4. The van der Waals surface area contributed by atoms with E-state index in [9.17, 15) is 24.0 Å². The number of amides is 5. The van der Waals surface area contributed by atoms with Crippen LogP contribution in [0.25, 0.3) is 0 Å². The van der Waals surface area contributed by atoms with E-state index in [4.69, 9.17) is 0 Å². The summed E-state index contributed by atoms with van der Waals surface area (Å²) in [5.74, 6) is -2.20. The molecule has 0 fully saturated rings. The molecule has 11 nitrogen and oxygen atoms in total. The fraction of sp³-hybridized carbons (Fsp3) is 0.718. The van der Waals surface area contributed by atoms with Gasteiger partial charge in [0.25, 0.3) is 0 Å². The van der Waals surface area contributed by atoms with Crippen LogP contribution in [0, 0.1) is 29.6 Å². The topological polar surface area (TPSA) is 122 Å². The molecule has 0 saturated carbocycles. The summed E-state index contributed by atoms with van der Waals surface area (Å²) in [5, 5.41) is 6.09. The average Bonchev–Trinajstić information content (AvgIpc) is 3.02. The summed E-state index contributed by atoms with van der Waals surface area (Å²) in [6, 6.07) is 6.11. The number of nitrogens with zero attached hydrogens (tertiary/aromatic N) is 4. The molecule has 1 aromatic carbocycles. The van der Waals surface area contributed by atoms with Crippen molar-refractivity contribution in [3.8, 4) is 0 Å². The van der Waals surface area contributed by atoms with Gasteiger partial charge in [-0.25, -0.2) is 0 Å². The van der Waals surface area contributed by atoms with Crippen molar-refractivity contribution in [3.63, 3.8) is 0 Å². The van der Waals surface area contributed by atoms with Gasteiger partial charge in [0.2, 0.25) is 29.5 Å². The third-order valence-electron chi connectivity index (χ3n) is 9.52. The van der Waals surface area contributed by atoms with Gasteiger partial charge in [-0.2, -0.15) is 0 Å². The molecule has 2 N–H and O–H groups in total. The first-order valence-corrected chi connectivity index (χ1v) is 18.3. The normalized spacial score (nSPS) is 14.7. The highest BCUT2D eigenvalue weighted by atomic mass is 16.2. The van der Waals surface area contributed by atoms with Crippen molar-refractivity contribution in [2.24, 2.45) is 29.6 Å². The van der Waals surface area contributed by atoms with Gasteiger partial charge in [-0.15, -0.1) is 0 Å². The Morgan fingerprint density at radius 2 is 0.920 bits per heavy atom. The molecule has 0 heterocycles. The lowest BCUT2D eigenvalue weighted by Gasteiger charge is -2.42. The third-order valence-corrected chi connectivity index (χ3v) is 9.52. The highest BCUT2D eigenvalue weighted by Crippen LogP contribution is 2.23. The number of nitrogens with one attached hydrogen (secondary N) is 2. The molecule has 0 aromatic heterocycles. The van der Waals surface area contributed by atoms with E-state index in [1.807, 2.05) is 99.6 Å². The number of carbonyl (C=O) groups excluding carboxylic acids is 5. The second kappa shape index (κ2) is 20.4. The first-order valence-electron chi connectivity index (χ1n) is 18.3. The Bertz CT molecular complexity index is 1250. The Labute approximate surface area is 302 Å². The van der Waals surface area contributed by atoms with Crippen LogP contribution >= 0.6 is 0 Å².